The maximum absolute atomic E-state index is 12.9. The van der Waals surface area contributed by atoms with Crippen LogP contribution in [0.15, 0.2) is 96.2 Å². The summed E-state index contributed by atoms with van der Waals surface area (Å²) in [5.74, 6) is -0.360. The number of amides is 1. The first-order chi connectivity index (χ1) is 14.7. The Hall–Kier alpha value is -4.50. The fourth-order valence-electron chi connectivity index (χ4n) is 2.93. The number of nitrogens with one attached hydrogen (secondary N) is 1. The van der Waals surface area contributed by atoms with E-state index < -0.39 is 0 Å². The molecule has 6 heteroatoms. The number of hydrazone groups is 1. The molecule has 0 bridgehead atoms. The highest BCUT2D eigenvalue weighted by molar-refractivity contribution is 6.00. The molecule has 0 aliphatic rings. The zero-order valence-corrected chi connectivity index (χ0v) is 15.9. The molecule has 1 heterocycles. The molecular weight excluding hydrogens is 374 g/mol. The SMILES string of the molecule is N#Cc1ccc(/C=N\NC(=O)c2cn(-c3ccccc3)nc2-c2ccccc2)cc1. The van der Waals surface area contributed by atoms with E-state index in [1.165, 1.54) is 6.21 Å². The van der Waals surface area contributed by atoms with Gasteiger partial charge in [0.1, 0.15) is 5.69 Å². The Labute approximate surface area is 173 Å². The van der Waals surface area contributed by atoms with Crippen LogP contribution in [0.25, 0.3) is 16.9 Å². The quantitative estimate of drug-likeness (QED) is 0.409. The molecule has 4 rings (SSSR count). The lowest BCUT2D eigenvalue weighted by Gasteiger charge is -2.01. The lowest BCUT2D eigenvalue weighted by atomic mass is 10.1. The number of nitrogens with zero attached hydrogens (tertiary/aromatic N) is 4. The molecule has 0 radical (unpaired) electrons. The standard InChI is InChI=1S/C24H17N5O/c25-15-18-11-13-19(14-12-18)16-26-27-24(30)22-17-29(21-9-5-2-6-10-21)28-23(22)20-7-3-1-4-8-20/h1-14,16-17H,(H,27,30)/b26-16-. The first kappa shape index (κ1) is 18.8. The van der Waals surface area contributed by atoms with E-state index in [0.717, 1.165) is 16.8 Å². The molecule has 0 saturated carbocycles. The van der Waals surface area contributed by atoms with Gasteiger partial charge < -0.3 is 0 Å². The average molecular weight is 391 g/mol. The van der Waals surface area contributed by atoms with Gasteiger partial charge in [-0.15, -0.1) is 0 Å². The van der Waals surface area contributed by atoms with E-state index in [4.69, 9.17) is 5.26 Å². The zero-order valence-electron chi connectivity index (χ0n) is 15.9. The molecule has 0 aliphatic carbocycles. The van der Waals surface area contributed by atoms with Gasteiger partial charge in [0.15, 0.2) is 0 Å². The van der Waals surface area contributed by atoms with Gasteiger partial charge in [0, 0.05) is 11.8 Å². The number of benzene rings is 3. The van der Waals surface area contributed by atoms with Crippen LogP contribution in [0.2, 0.25) is 0 Å². The van der Waals surface area contributed by atoms with Gasteiger partial charge in [0.25, 0.3) is 5.91 Å². The van der Waals surface area contributed by atoms with Crippen LogP contribution in [0.4, 0.5) is 0 Å². The minimum Gasteiger partial charge on any atom is -0.267 e. The Kier molecular flexibility index (Phi) is 5.45. The van der Waals surface area contributed by atoms with Crippen LogP contribution >= 0.6 is 0 Å². The van der Waals surface area contributed by atoms with E-state index in [1.807, 2.05) is 60.7 Å². The third-order valence-electron chi connectivity index (χ3n) is 4.45. The predicted molar refractivity (Wildman–Crippen MR) is 115 cm³/mol. The predicted octanol–water partition coefficient (Wildman–Crippen LogP) is 4.17. The van der Waals surface area contributed by atoms with Crippen molar-refractivity contribution >= 4 is 12.1 Å². The monoisotopic (exact) mass is 391 g/mol. The molecule has 30 heavy (non-hydrogen) atoms. The lowest BCUT2D eigenvalue weighted by Crippen LogP contribution is -2.17. The summed E-state index contributed by atoms with van der Waals surface area (Å²) in [5, 5.41) is 17.5. The first-order valence-electron chi connectivity index (χ1n) is 9.29. The van der Waals surface area contributed by atoms with Crippen LogP contribution in [-0.2, 0) is 0 Å². The molecule has 0 saturated heterocycles. The van der Waals surface area contributed by atoms with Gasteiger partial charge in [-0.3, -0.25) is 4.79 Å². The highest BCUT2D eigenvalue weighted by Gasteiger charge is 2.18. The van der Waals surface area contributed by atoms with E-state index in [1.54, 1.807) is 35.1 Å². The average Bonchev–Trinajstić information content (AvgIpc) is 3.26. The Morgan fingerprint density at radius 1 is 0.967 bits per heavy atom. The zero-order chi connectivity index (χ0) is 20.8. The molecule has 1 N–H and O–H groups in total. The van der Waals surface area contributed by atoms with Crippen LogP contribution in [0.1, 0.15) is 21.5 Å². The van der Waals surface area contributed by atoms with Crippen molar-refractivity contribution in [2.24, 2.45) is 5.10 Å². The Balaban J connectivity index is 1.61. The van der Waals surface area contributed by atoms with Crippen molar-refractivity contribution in [3.05, 3.63) is 108 Å². The number of carbonyl (C=O) groups excluding carboxylic acids is 1. The van der Waals surface area contributed by atoms with Crippen molar-refractivity contribution in [1.82, 2.24) is 15.2 Å². The summed E-state index contributed by atoms with van der Waals surface area (Å²) >= 11 is 0. The topological polar surface area (TPSA) is 83.1 Å². The second-order valence-electron chi connectivity index (χ2n) is 6.47. The van der Waals surface area contributed by atoms with Gasteiger partial charge in [-0.2, -0.15) is 15.5 Å². The Bertz CT molecular complexity index is 1220. The summed E-state index contributed by atoms with van der Waals surface area (Å²) < 4.78 is 1.68. The third-order valence-corrected chi connectivity index (χ3v) is 4.45. The third kappa shape index (κ3) is 4.16. The van der Waals surface area contributed by atoms with Crippen LogP contribution in [0.3, 0.4) is 0 Å². The van der Waals surface area contributed by atoms with Crippen molar-refractivity contribution in [2.45, 2.75) is 0 Å². The molecule has 3 aromatic carbocycles. The fourth-order valence-corrected chi connectivity index (χ4v) is 2.93. The van der Waals surface area contributed by atoms with Gasteiger partial charge in [-0.1, -0.05) is 60.7 Å². The smallest absolute Gasteiger partial charge is 0.267 e. The summed E-state index contributed by atoms with van der Waals surface area (Å²) in [7, 11) is 0. The summed E-state index contributed by atoms with van der Waals surface area (Å²) in [4.78, 5) is 12.9. The second-order valence-corrected chi connectivity index (χ2v) is 6.47. The normalized spacial score (nSPS) is 10.6. The number of hydrogen-bond donors (Lipinski definition) is 1. The number of carbonyl (C=O) groups is 1. The Morgan fingerprint density at radius 2 is 1.63 bits per heavy atom. The second kappa shape index (κ2) is 8.67. The minimum atomic E-state index is -0.360. The van der Waals surface area contributed by atoms with Gasteiger partial charge >= 0.3 is 0 Å². The van der Waals surface area contributed by atoms with Crippen molar-refractivity contribution < 1.29 is 4.79 Å². The van der Waals surface area contributed by atoms with Crippen molar-refractivity contribution in [3.8, 4) is 23.0 Å². The first-order valence-corrected chi connectivity index (χ1v) is 9.29. The lowest BCUT2D eigenvalue weighted by molar-refractivity contribution is 0.0955. The van der Waals surface area contributed by atoms with Crippen LogP contribution < -0.4 is 5.43 Å². The van der Waals surface area contributed by atoms with Crippen LogP contribution in [0.5, 0.6) is 0 Å². The molecule has 0 fully saturated rings. The van der Waals surface area contributed by atoms with Gasteiger partial charge in [0.2, 0.25) is 0 Å². The minimum absolute atomic E-state index is 0.360. The number of rotatable bonds is 5. The van der Waals surface area contributed by atoms with E-state index in [-0.39, 0.29) is 5.91 Å². The molecule has 0 atom stereocenters. The molecule has 6 nitrogen and oxygen atoms in total. The van der Waals surface area contributed by atoms with Crippen molar-refractivity contribution in [3.63, 3.8) is 0 Å². The fraction of sp³-hybridized carbons (Fsp3) is 0. The van der Waals surface area contributed by atoms with Crippen molar-refractivity contribution in [1.29, 1.82) is 5.26 Å². The Morgan fingerprint density at radius 3 is 2.30 bits per heavy atom. The van der Waals surface area contributed by atoms with Crippen LogP contribution in [-0.4, -0.2) is 21.9 Å². The number of aromatic nitrogens is 2. The van der Waals surface area contributed by atoms with E-state index in [2.05, 4.69) is 21.7 Å². The van der Waals surface area contributed by atoms with Gasteiger partial charge in [-0.25, -0.2) is 10.1 Å². The molecule has 144 valence electrons. The summed E-state index contributed by atoms with van der Waals surface area (Å²) in [6, 6.07) is 28.1. The molecule has 1 amide bonds. The molecule has 0 unspecified atom stereocenters. The number of hydrogen-bond acceptors (Lipinski definition) is 4. The molecule has 0 aliphatic heterocycles. The molecular formula is C24H17N5O. The van der Waals surface area contributed by atoms with E-state index in [9.17, 15) is 4.79 Å². The highest BCUT2D eigenvalue weighted by atomic mass is 16.2. The van der Waals surface area contributed by atoms with Crippen molar-refractivity contribution in [2.75, 3.05) is 0 Å². The number of nitriles is 1. The van der Waals surface area contributed by atoms with Gasteiger partial charge in [-0.05, 0) is 29.8 Å². The molecule has 0 spiro atoms. The van der Waals surface area contributed by atoms with E-state index in [0.29, 0.717) is 16.8 Å². The maximum Gasteiger partial charge on any atom is 0.275 e. The summed E-state index contributed by atoms with van der Waals surface area (Å²) in [6.07, 6.45) is 3.23. The number of para-hydroxylation sites is 1. The highest BCUT2D eigenvalue weighted by Crippen LogP contribution is 2.23. The summed E-state index contributed by atoms with van der Waals surface area (Å²) in [6.45, 7) is 0. The van der Waals surface area contributed by atoms with Gasteiger partial charge in [0.05, 0.1) is 29.1 Å². The van der Waals surface area contributed by atoms with E-state index >= 15 is 0 Å². The van der Waals surface area contributed by atoms with Crippen LogP contribution in [0, 0.1) is 11.3 Å². The summed E-state index contributed by atoms with van der Waals surface area (Å²) in [5.41, 5.74) is 6.60. The molecule has 4 aromatic rings. The largest absolute Gasteiger partial charge is 0.275 e. The molecule has 1 aromatic heterocycles. The maximum atomic E-state index is 12.9.